The molecular weight excluding hydrogens is 182 g/mol. The van der Waals surface area contributed by atoms with Crippen LogP contribution < -0.4 is 5.73 Å². The highest BCUT2D eigenvalue weighted by Crippen LogP contribution is 2.20. The molecule has 0 spiro atoms. The quantitative estimate of drug-likeness (QED) is 0.252. The second-order valence-electron chi connectivity index (χ2n) is 3.72. The van der Waals surface area contributed by atoms with Gasteiger partial charge in [0, 0.05) is 12.6 Å². The molecule has 0 aromatic heterocycles. The molecule has 1 fully saturated rings. The molecule has 1 aliphatic heterocycles. The van der Waals surface area contributed by atoms with Gasteiger partial charge in [0.2, 0.25) is 0 Å². The van der Waals surface area contributed by atoms with Crippen molar-refractivity contribution in [3.05, 3.63) is 0 Å². The molecule has 0 bridgehead atoms. The number of aliphatic hydroxyl groups is 1. The second-order valence-corrected chi connectivity index (χ2v) is 3.72. The summed E-state index contributed by atoms with van der Waals surface area (Å²) >= 11 is 0. The molecule has 1 heterocycles. The molecule has 82 valence electrons. The molecule has 4 N–H and O–H groups in total. The predicted molar refractivity (Wildman–Crippen MR) is 54.3 cm³/mol. The Kier molecular flexibility index (Phi) is 4.69. The van der Waals surface area contributed by atoms with Gasteiger partial charge in [-0.3, -0.25) is 4.90 Å². The fourth-order valence-electron chi connectivity index (χ4n) is 2.00. The summed E-state index contributed by atoms with van der Waals surface area (Å²) in [5.74, 6) is 0.265. The van der Waals surface area contributed by atoms with Gasteiger partial charge in [-0.1, -0.05) is 5.16 Å². The molecule has 5 nitrogen and oxygen atoms in total. The zero-order valence-corrected chi connectivity index (χ0v) is 8.39. The van der Waals surface area contributed by atoms with E-state index < -0.39 is 0 Å². The molecule has 0 aromatic carbocycles. The Hall–Kier alpha value is -0.810. The Labute approximate surface area is 84.2 Å². The van der Waals surface area contributed by atoms with E-state index in [2.05, 4.69) is 10.1 Å². The molecule has 0 saturated carbocycles. The van der Waals surface area contributed by atoms with Gasteiger partial charge in [-0.15, -0.1) is 0 Å². The summed E-state index contributed by atoms with van der Waals surface area (Å²) in [6.07, 6.45) is 4.14. The van der Waals surface area contributed by atoms with E-state index in [-0.39, 0.29) is 12.4 Å². The second kappa shape index (κ2) is 5.82. The highest BCUT2D eigenvalue weighted by Gasteiger charge is 2.24. The van der Waals surface area contributed by atoms with Crippen LogP contribution in [0.15, 0.2) is 5.16 Å². The van der Waals surface area contributed by atoms with Crippen LogP contribution in [-0.2, 0) is 0 Å². The number of rotatable bonds is 5. The molecule has 1 rings (SSSR count). The lowest BCUT2D eigenvalue weighted by molar-refractivity contribution is 0.231. The number of hydrogen-bond acceptors (Lipinski definition) is 4. The number of amidine groups is 1. The van der Waals surface area contributed by atoms with Crippen molar-refractivity contribution in [3.8, 4) is 0 Å². The van der Waals surface area contributed by atoms with Gasteiger partial charge in [-0.05, 0) is 32.2 Å². The number of nitrogens with two attached hydrogens (primary N) is 1. The molecule has 1 unspecified atom stereocenters. The summed E-state index contributed by atoms with van der Waals surface area (Å²) in [6, 6.07) is 0.488. The minimum absolute atomic E-state index is 0.244. The van der Waals surface area contributed by atoms with E-state index >= 15 is 0 Å². The predicted octanol–water partition coefficient (Wildman–Crippen LogP) is -0.0303. The summed E-state index contributed by atoms with van der Waals surface area (Å²) in [4.78, 5) is 2.21. The van der Waals surface area contributed by atoms with E-state index in [1.165, 1.54) is 0 Å². The number of likely N-dealkylation sites (tertiary alicyclic amines) is 1. The fourth-order valence-corrected chi connectivity index (χ4v) is 2.00. The van der Waals surface area contributed by atoms with Gasteiger partial charge < -0.3 is 16.0 Å². The summed E-state index contributed by atoms with van der Waals surface area (Å²) < 4.78 is 0. The van der Waals surface area contributed by atoms with Crippen molar-refractivity contribution >= 4 is 5.84 Å². The first kappa shape index (κ1) is 11.3. The molecule has 0 amide bonds. The maximum absolute atomic E-state index is 8.73. The first-order valence-corrected chi connectivity index (χ1v) is 5.09. The van der Waals surface area contributed by atoms with Crippen LogP contribution in [0, 0.1) is 0 Å². The molecule has 1 saturated heterocycles. The standard InChI is InChI=1S/C9H19N3O2/c10-9(11-14)7-12-5-1-3-8(12)4-2-6-13/h8,13-14H,1-7H2,(H2,10,11). The van der Waals surface area contributed by atoms with Gasteiger partial charge in [-0.25, -0.2) is 0 Å². The van der Waals surface area contributed by atoms with Crippen molar-refractivity contribution < 1.29 is 10.3 Å². The molecule has 5 heteroatoms. The van der Waals surface area contributed by atoms with Crippen LogP contribution in [0.3, 0.4) is 0 Å². The van der Waals surface area contributed by atoms with E-state index in [1.807, 2.05) is 0 Å². The highest BCUT2D eigenvalue weighted by molar-refractivity contribution is 5.81. The first-order chi connectivity index (χ1) is 6.77. The van der Waals surface area contributed by atoms with Crippen molar-refractivity contribution in [2.24, 2.45) is 10.9 Å². The van der Waals surface area contributed by atoms with Crippen molar-refractivity contribution in [2.75, 3.05) is 19.7 Å². The van der Waals surface area contributed by atoms with Gasteiger partial charge in [0.1, 0.15) is 0 Å². The van der Waals surface area contributed by atoms with E-state index in [0.717, 1.165) is 32.2 Å². The Morgan fingerprint density at radius 3 is 3.00 bits per heavy atom. The van der Waals surface area contributed by atoms with Crippen LogP contribution in [0.5, 0.6) is 0 Å². The Morgan fingerprint density at radius 1 is 1.57 bits per heavy atom. The minimum atomic E-state index is 0.244. The van der Waals surface area contributed by atoms with Crippen LogP contribution in [0.2, 0.25) is 0 Å². The summed E-state index contributed by atoms with van der Waals surface area (Å²) in [5.41, 5.74) is 5.45. The molecular formula is C9H19N3O2. The average Bonchev–Trinajstić information content (AvgIpc) is 2.62. The molecule has 1 aliphatic rings. The summed E-state index contributed by atoms with van der Waals surface area (Å²) in [5, 5.41) is 20.2. The SMILES string of the molecule is NC(CN1CCCC1CCCO)=NO. The Bertz CT molecular complexity index is 196. The average molecular weight is 201 g/mol. The largest absolute Gasteiger partial charge is 0.409 e. The summed E-state index contributed by atoms with van der Waals surface area (Å²) in [7, 11) is 0. The van der Waals surface area contributed by atoms with Crippen LogP contribution >= 0.6 is 0 Å². The number of hydrogen-bond donors (Lipinski definition) is 3. The van der Waals surface area contributed by atoms with Crippen LogP contribution in [0.4, 0.5) is 0 Å². The normalized spacial score (nSPS) is 24.4. The maximum atomic E-state index is 8.73. The van der Waals surface area contributed by atoms with Gasteiger partial charge in [-0.2, -0.15) is 0 Å². The van der Waals surface area contributed by atoms with Gasteiger partial charge >= 0.3 is 0 Å². The lowest BCUT2D eigenvalue weighted by atomic mass is 10.1. The fraction of sp³-hybridized carbons (Fsp3) is 0.889. The molecule has 1 atom stereocenters. The molecule has 0 aromatic rings. The smallest absolute Gasteiger partial charge is 0.153 e. The third-order valence-corrected chi connectivity index (χ3v) is 2.69. The topological polar surface area (TPSA) is 82.1 Å². The van der Waals surface area contributed by atoms with E-state index in [4.69, 9.17) is 16.0 Å². The van der Waals surface area contributed by atoms with E-state index in [0.29, 0.717) is 12.6 Å². The third-order valence-electron chi connectivity index (χ3n) is 2.69. The van der Waals surface area contributed by atoms with E-state index in [9.17, 15) is 0 Å². The van der Waals surface area contributed by atoms with Crippen molar-refractivity contribution in [3.63, 3.8) is 0 Å². The number of aliphatic hydroxyl groups excluding tert-OH is 1. The van der Waals surface area contributed by atoms with Crippen LogP contribution in [0.25, 0.3) is 0 Å². The van der Waals surface area contributed by atoms with Gasteiger partial charge in [0.15, 0.2) is 5.84 Å². The monoisotopic (exact) mass is 201 g/mol. The van der Waals surface area contributed by atoms with Crippen LogP contribution in [-0.4, -0.2) is 46.8 Å². The maximum Gasteiger partial charge on any atom is 0.153 e. The zero-order valence-electron chi connectivity index (χ0n) is 8.39. The van der Waals surface area contributed by atoms with Gasteiger partial charge in [0.05, 0.1) is 6.54 Å². The highest BCUT2D eigenvalue weighted by atomic mass is 16.4. The van der Waals surface area contributed by atoms with Crippen molar-refractivity contribution in [1.82, 2.24) is 4.90 Å². The van der Waals surface area contributed by atoms with Crippen molar-refractivity contribution in [2.45, 2.75) is 31.7 Å². The first-order valence-electron chi connectivity index (χ1n) is 5.09. The lowest BCUT2D eigenvalue weighted by Crippen LogP contribution is -2.37. The summed E-state index contributed by atoms with van der Waals surface area (Å²) in [6.45, 7) is 1.78. The molecule has 14 heavy (non-hydrogen) atoms. The molecule has 0 radical (unpaired) electrons. The molecule has 0 aliphatic carbocycles. The third kappa shape index (κ3) is 3.16. The van der Waals surface area contributed by atoms with Crippen LogP contribution in [0.1, 0.15) is 25.7 Å². The number of oxime groups is 1. The van der Waals surface area contributed by atoms with Gasteiger partial charge in [0.25, 0.3) is 0 Å². The Balaban J connectivity index is 2.35. The zero-order chi connectivity index (χ0) is 10.4. The van der Waals surface area contributed by atoms with E-state index in [1.54, 1.807) is 0 Å². The minimum Gasteiger partial charge on any atom is -0.409 e. The lowest BCUT2D eigenvalue weighted by Gasteiger charge is -2.23. The number of nitrogens with zero attached hydrogens (tertiary/aromatic N) is 2. The van der Waals surface area contributed by atoms with Crippen molar-refractivity contribution in [1.29, 1.82) is 0 Å². The Morgan fingerprint density at radius 2 is 2.36 bits per heavy atom.